The van der Waals surface area contributed by atoms with Crippen LogP contribution in [0, 0.1) is 11.3 Å². The molecule has 0 aliphatic carbocycles. The molecule has 5 nitrogen and oxygen atoms in total. The van der Waals surface area contributed by atoms with E-state index >= 15 is 0 Å². The van der Waals surface area contributed by atoms with Gasteiger partial charge in [0.15, 0.2) is 0 Å². The minimum atomic E-state index is -0.715. The van der Waals surface area contributed by atoms with Crippen molar-refractivity contribution in [3.8, 4) is 0 Å². The summed E-state index contributed by atoms with van der Waals surface area (Å²) in [4.78, 5) is 27.6. The minimum Gasteiger partial charge on any atom is -0.444 e. The zero-order valence-electron chi connectivity index (χ0n) is 17.5. The normalized spacial score (nSPS) is 23.1. The molecular weight excluding hydrogens is 328 g/mol. The van der Waals surface area contributed by atoms with Crippen molar-refractivity contribution in [2.24, 2.45) is 11.3 Å². The first-order valence-electron chi connectivity index (χ1n) is 9.38. The Morgan fingerprint density at radius 2 is 1.73 bits per heavy atom. The topological polar surface area (TPSA) is 58.6 Å². The van der Waals surface area contributed by atoms with Crippen molar-refractivity contribution < 1.29 is 14.3 Å². The molecule has 2 amide bonds. The highest BCUT2D eigenvalue weighted by atomic mass is 16.6. The van der Waals surface area contributed by atoms with Gasteiger partial charge in [0.25, 0.3) is 0 Å². The van der Waals surface area contributed by atoms with Gasteiger partial charge in [-0.25, -0.2) is 4.79 Å². The molecule has 1 fully saturated rings. The lowest BCUT2D eigenvalue weighted by atomic mass is 9.84. The van der Waals surface area contributed by atoms with Crippen LogP contribution in [0.2, 0.25) is 0 Å². The number of nitrogens with one attached hydrogen (secondary N) is 1. The number of rotatable bonds is 5. The number of amides is 2. The van der Waals surface area contributed by atoms with Crippen LogP contribution < -0.4 is 5.32 Å². The van der Waals surface area contributed by atoms with Crippen LogP contribution in [-0.2, 0) is 9.53 Å². The zero-order valence-corrected chi connectivity index (χ0v) is 17.5. The average molecular weight is 365 g/mol. The molecule has 1 aliphatic heterocycles. The molecule has 4 atom stereocenters. The smallest absolute Gasteiger partial charge is 0.408 e. The number of likely N-dealkylation sites (tertiary alicyclic amines) is 1. The Morgan fingerprint density at radius 3 is 2.15 bits per heavy atom. The number of hydrogen-bond acceptors (Lipinski definition) is 3. The van der Waals surface area contributed by atoms with Crippen molar-refractivity contribution in [3.63, 3.8) is 0 Å². The number of nitrogens with zero attached hydrogens (tertiary/aromatic N) is 1. The molecule has 1 heterocycles. The second-order valence-corrected chi connectivity index (χ2v) is 9.23. The van der Waals surface area contributed by atoms with Gasteiger partial charge in [-0.05, 0) is 39.0 Å². The molecule has 0 spiro atoms. The largest absolute Gasteiger partial charge is 0.444 e. The SMILES string of the molecule is C=C[C@H](C)C(NC(=O)OC(C)(C)C)C(=O)N1[C@H](C(C)(C)C)CC[C@@H]1C=C. The summed E-state index contributed by atoms with van der Waals surface area (Å²) in [6.45, 7) is 21.4. The van der Waals surface area contributed by atoms with Crippen LogP contribution in [0.1, 0.15) is 61.3 Å². The van der Waals surface area contributed by atoms with Crippen LogP contribution in [0.15, 0.2) is 25.3 Å². The fourth-order valence-corrected chi connectivity index (χ4v) is 3.39. The molecule has 0 radical (unpaired) electrons. The lowest BCUT2D eigenvalue weighted by Gasteiger charge is -2.40. The second-order valence-electron chi connectivity index (χ2n) is 9.23. The van der Waals surface area contributed by atoms with E-state index in [1.165, 1.54) is 0 Å². The van der Waals surface area contributed by atoms with Crippen molar-refractivity contribution in [1.82, 2.24) is 10.2 Å². The highest BCUT2D eigenvalue weighted by Gasteiger charge is 2.44. The molecule has 1 N–H and O–H groups in total. The van der Waals surface area contributed by atoms with Gasteiger partial charge >= 0.3 is 6.09 Å². The highest BCUT2D eigenvalue weighted by molar-refractivity contribution is 5.87. The van der Waals surface area contributed by atoms with E-state index in [2.05, 4.69) is 39.2 Å². The number of ether oxygens (including phenoxy) is 1. The lowest BCUT2D eigenvalue weighted by molar-refractivity contribution is -0.138. The molecule has 0 aromatic heterocycles. The Bertz CT molecular complexity index is 542. The van der Waals surface area contributed by atoms with Crippen molar-refractivity contribution in [1.29, 1.82) is 0 Å². The van der Waals surface area contributed by atoms with Crippen molar-refractivity contribution in [3.05, 3.63) is 25.3 Å². The Labute approximate surface area is 158 Å². The average Bonchev–Trinajstić information content (AvgIpc) is 2.93. The van der Waals surface area contributed by atoms with E-state index < -0.39 is 17.7 Å². The predicted octanol–water partition coefficient (Wildman–Crippen LogP) is 4.29. The Balaban J connectivity index is 3.11. The van der Waals surface area contributed by atoms with Crippen LogP contribution >= 0.6 is 0 Å². The van der Waals surface area contributed by atoms with Gasteiger partial charge < -0.3 is 15.0 Å². The van der Waals surface area contributed by atoms with Gasteiger partial charge in [-0.1, -0.05) is 39.8 Å². The standard InChI is InChI=1S/C21H36N2O3/c1-10-14(3)17(22-19(25)26-21(7,8)9)18(24)23-15(11-2)12-13-16(23)20(4,5)6/h10-11,14-17H,1-2,12-13H2,3-9H3,(H,22,25)/t14-,15-,16-,17?/m0/s1. The fraction of sp³-hybridized carbons (Fsp3) is 0.714. The molecule has 0 saturated carbocycles. The molecule has 1 aliphatic rings. The van der Waals surface area contributed by atoms with E-state index in [0.717, 1.165) is 12.8 Å². The summed E-state index contributed by atoms with van der Waals surface area (Å²) in [7, 11) is 0. The van der Waals surface area contributed by atoms with Gasteiger partial charge in [0.1, 0.15) is 11.6 Å². The maximum atomic E-state index is 13.4. The maximum Gasteiger partial charge on any atom is 0.408 e. The maximum absolute atomic E-state index is 13.4. The first kappa shape index (κ1) is 22.3. The number of alkyl carbamates (subject to hydrolysis) is 1. The van der Waals surface area contributed by atoms with Crippen LogP contribution in [0.5, 0.6) is 0 Å². The van der Waals surface area contributed by atoms with Crippen molar-refractivity contribution >= 4 is 12.0 Å². The minimum absolute atomic E-state index is 0.0216. The molecule has 1 saturated heterocycles. The van der Waals surface area contributed by atoms with Crippen molar-refractivity contribution in [2.45, 2.75) is 85.0 Å². The molecule has 26 heavy (non-hydrogen) atoms. The second kappa shape index (κ2) is 8.28. The molecule has 5 heteroatoms. The summed E-state index contributed by atoms with van der Waals surface area (Å²) in [5, 5.41) is 2.76. The zero-order chi connectivity index (χ0) is 20.3. The monoisotopic (exact) mass is 364 g/mol. The third-order valence-electron chi connectivity index (χ3n) is 4.79. The van der Waals surface area contributed by atoms with Crippen LogP contribution in [0.4, 0.5) is 4.79 Å². The summed E-state index contributed by atoms with van der Waals surface area (Å²) >= 11 is 0. The van der Waals surface area contributed by atoms with Crippen LogP contribution in [0.25, 0.3) is 0 Å². The lowest BCUT2D eigenvalue weighted by Crippen LogP contribution is -2.57. The van der Waals surface area contributed by atoms with Gasteiger partial charge in [-0.3, -0.25) is 4.79 Å². The van der Waals surface area contributed by atoms with Gasteiger partial charge in [-0.15, -0.1) is 13.2 Å². The number of hydrogen-bond donors (Lipinski definition) is 1. The first-order chi connectivity index (χ1) is 11.8. The van der Waals surface area contributed by atoms with Gasteiger partial charge in [0, 0.05) is 12.0 Å². The Kier molecular flexibility index (Phi) is 7.09. The molecule has 1 rings (SSSR count). The summed E-state index contributed by atoms with van der Waals surface area (Å²) in [5.74, 6) is -0.327. The van der Waals surface area contributed by atoms with E-state index in [0.29, 0.717) is 0 Å². The number of carbonyl (C=O) groups is 2. The Hall–Kier alpha value is -1.78. The van der Waals surface area contributed by atoms with Gasteiger partial charge in [0.2, 0.25) is 5.91 Å². The Morgan fingerprint density at radius 1 is 1.15 bits per heavy atom. The summed E-state index contributed by atoms with van der Waals surface area (Å²) in [5.41, 5.74) is -0.679. The third kappa shape index (κ3) is 5.61. The quantitative estimate of drug-likeness (QED) is 0.740. The summed E-state index contributed by atoms with van der Waals surface area (Å²) in [6, 6.07) is -0.641. The highest BCUT2D eigenvalue weighted by Crippen LogP contribution is 2.37. The molecule has 0 aromatic rings. The molecule has 1 unspecified atom stereocenters. The predicted molar refractivity (Wildman–Crippen MR) is 106 cm³/mol. The van der Waals surface area contributed by atoms with Gasteiger partial charge in [0.05, 0.1) is 6.04 Å². The van der Waals surface area contributed by atoms with E-state index in [1.807, 2.05) is 17.9 Å². The first-order valence-corrected chi connectivity index (χ1v) is 9.38. The summed E-state index contributed by atoms with van der Waals surface area (Å²) < 4.78 is 5.35. The van der Waals surface area contributed by atoms with Crippen LogP contribution in [0.3, 0.4) is 0 Å². The fourth-order valence-electron chi connectivity index (χ4n) is 3.39. The van der Waals surface area contributed by atoms with E-state index in [9.17, 15) is 9.59 Å². The van der Waals surface area contributed by atoms with E-state index in [1.54, 1.807) is 26.8 Å². The van der Waals surface area contributed by atoms with E-state index in [-0.39, 0.29) is 29.3 Å². The molecule has 0 aromatic carbocycles. The summed E-state index contributed by atoms with van der Waals surface area (Å²) in [6.07, 6.45) is 4.73. The van der Waals surface area contributed by atoms with Crippen molar-refractivity contribution in [2.75, 3.05) is 0 Å². The van der Waals surface area contributed by atoms with Crippen LogP contribution in [-0.4, -0.2) is 40.6 Å². The third-order valence-corrected chi connectivity index (χ3v) is 4.79. The molecule has 148 valence electrons. The number of carbonyl (C=O) groups excluding carboxylic acids is 2. The van der Waals surface area contributed by atoms with Gasteiger partial charge in [-0.2, -0.15) is 0 Å². The van der Waals surface area contributed by atoms with E-state index in [4.69, 9.17) is 4.74 Å². The molecular formula is C21H36N2O3. The molecule has 0 bridgehead atoms.